The van der Waals surface area contributed by atoms with Crippen molar-refractivity contribution in [3.63, 3.8) is 0 Å². The van der Waals surface area contributed by atoms with Gasteiger partial charge in [0.25, 0.3) is 10.0 Å². The molecular formula is C22H29N3O3S. The van der Waals surface area contributed by atoms with Crippen molar-refractivity contribution in [2.75, 3.05) is 23.1 Å². The molecule has 2 N–H and O–H groups in total. The Labute approximate surface area is 173 Å². The van der Waals surface area contributed by atoms with Gasteiger partial charge in [-0.05, 0) is 60.7 Å². The molecule has 0 atom stereocenters. The highest BCUT2D eigenvalue weighted by Crippen LogP contribution is 2.21. The topological polar surface area (TPSA) is 78.5 Å². The van der Waals surface area contributed by atoms with Crippen molar-refractivity contribution in [3.05, 3.63) is 54.1 Å². The van der Waals surface area contributed by atoms with Gasteiger partial charge >= 0.3 is 6.03 Å². The molecular weight excluding hydrogens is 386 g/mol. The van der Waals surface area contributed by atoms with E-state index in [0.29, 0.717) is 17.3 Å². The zero-order chi connectivity index (χ0) is 20.9. The minimum atomic E-state index is -3.69. The molecule has 156 valence electrons. The summed E-state index contributed by atoms with van der Waals surface area (Å²) < 4.78 is 27.9. The Morgan fingerprint density at radius 3 is 1.97 bits per heavy atom. The molecule has 6 nitrogen and oxygen atoms in total. The van der Waals surface area contributed by atoms with E-state index in [0.717, 1.165) is 44.3 Å². The molecule has 2 aromatic rings. The largest absolute Gasteiger partial charge is 0.325 e. The molecule has 1 heterocycles. The second-order valence-electron chi connectivity index (χ2n) is 7.74. The van der Waals surface area contributed by atoms with Gasteiger partial charge in [-0.1, -0.05) is 38.8 Å². The van der Waals surface area contributed by atoms with Crippen LogP contribution in [0.25, 0.3) is 0 Å². The van der Waals surface area contributed by atoms with Crippen LogP contribution in [0, 0.1) is 0 Å². The normalized spacial score (nSPS) is 15.1. The molecule has 2 amide bonds. The molecule has 1 aliphatic heterocycles. The van der Waals surface area contributed by atoms with Crippen molar-refractivity contribution in [1.29, 1.82) is 0 Å². The lowest BCUT2D eigenvalue weighted by Crippen LogP contribution is -2.35. The number of urea groups is 1. The summed E-state index contributed by atoms with van der Waals surface area (Å²) in [4.78, 5) is 14.4. The van der Waals surface area contributed by atoms with E-state index in [1.165, 1.54) is 12.1 Å². The number of hydrogen-bond acceptors (Lipinski definition) is 3. The van der Waals surface area contributed by atoms with Crippen LogP contribution in [0.3, 0.4) is 0 Å². The Balaban J connectivity index is 1.64. The smallest absolute Gasteiger partial charge is 0.321 e. The molecule has 29 heavy (non-hydrogen) atoms. The minimum absolute atomic E-state index is 0.133. The van der Waals surface area contributed by atoms with Gasteiger partial charge in [-0.25, -0.2) is 13.2 Å². The number of nitrogens with zero attached hydrogens (tertiary/aromatic N) is 1. The predicted octanol–water partition coefficient (Wildman–Crippen LogP) is 5.02. The number of amides is 2. The number of sulfonamides is 1. The van der Waals surface area contributed by atoms with Crippen LogP contribution < -0.4 is 10.0 Å². The Morgan fingerprint density at radius 2 is 1.41 bits per heavy atom. The lowest BCUT2D eigenvalue weighted by molar-refractivity contribution is 0.214. The number of hydrogen-bond donors (Lipinski definition) is 2. The van der Waals surface area contributed by atoms with Crippen LogP contribution in [0.2, 0.25) is 0 Å². The third kappa shape index (κ3) is 5.73. The molecule has 0 saturated carbocycles. The second-order valence-corrected chi connectivity index (χ2v) is 9.42. The summed E-state index contributed by atoms with van der Waals surface area (Å²) in [5.41, 5.74) is 2.25. The fourth-order valence-corrected chi connectivity index (χ4v) is 4.40. The summed E-state index contributed by atoms with van der Waals surface area (Å²) in [6, 6.07) is 13.5. The van der Waals surface area contributed by atoms with Crippen molar-refractivity contribution >= 4 is 27.4 Å². The molecule has 3 rings (SSSR count). The number of rotatable bonds is 5. The van der Waals surface area contributed by atoms with Crippen LogP contribution in [-0.2, 0) is 10.0 Å². The number of likely N-dealkylation sites (tertiary alicyclic amines) is 1. The van der Waals surface area contributed by atoms with E-state index in [2.05, 4.69) is 23.9 Å². The van der Waals surface area contributed by atoms with E-state index in [4.69, 9.17) is 0 Å². The van der Waals surface area contributed by atoms with Crippen LogP contribution in [0.1, 0.15) is 51.0 Å². The SMILES string of the molecule is CC(C)c1ccc(NS(=O)(=O)c2ccc(NC(=O)N3CCCCCC3)cc2)cc1. The zero-order valence-corrected chi connectivity index (χ0v) is 17.8. The van der Waals surface area contributed by atoms with E-state index in [-0.39, 0.29) is 10.9 Å². The van der Waals surface area contributed by atoms with Crippen molar-refractivity contribution < 1.29 is 13.2 Å². The van der Waals surface area contributed by atoms with Gasteiger partial charge < -0.3 is 10.2 Å². The van der Waals surface area contributed by atoms with Gasteiger partial charge in [0.2, 0.25) is 0 Å². The Kier molecular flexibility index (Phi) is 6.79. The highest BCUT2D eigenvalue weighted by molar-refractivity contribution is 7.92. The maximum atomic E-state index is 12.6. The van der Waals surface area contributed by atoms with E-state index in [1.807, 2.05) is 17.0 Å². The first kappa shape index (κ1) is 21.2. The number of carbonyl (C=O) groups excluding carboxylic acids is 1. The highest BCUT2D eigenvalue weighted by Gasteiger charge is 2.17. The summed E-state index contributed by atoms with van der Waals surface area (Å²) in [6.45, 7) is 5.70. The first-order chi connectivity index (χ1) is 13.8. The second kappa shape index (κ2) is 9.31. The van der Waals surface area contributed by atoms with Crippen molar-refractivity contribution in [3.8, 4) is 0 Å². The van der Waals surface area contributed by atoms with Crippen molar-refractivity contribution in [2.45, 2.75) is 50.3 Å². The molecule has 1 aliphatic rings. The number of anilines is 2. The fraction of sp³-hybridized carbons (Fsp3) is 0.409. The molecule has 0 radical (unpaired) electrons. The lowest BCUT2D eigenvalue weighted by atomic mass is 10.0. The molecule has 2 aromatic carbocycles. The van der Waals surface area contributed by atoms with E-state index < -0.39 is 10.0 Å². The standard InChI is InChI=1S/C22H29N3O3S/c1-17(2)18-7-9-20(10-8-18)24-29(27,28)21-13-11-19(12-14-21)23-22(26)25-15-5-3-4-6-16-25/h7-14,17,24H,3-6,15-16H2,1-2H3,(H,23,26). The third-order valence-corrected chi connectivity index (χ3v) is 6.54. The molecule has 0 aromatic heterocycles. The molecule has 0 aliphatic carbocycles. The summed E-state index contributed by atoms with van der Waals surface area (Å²) in [5, 5.41) is 2.86. The number of benzene rings is 2. The summed E-state index contributed by atoms with van der Waals surface area (Å²) in [6.07, 6.45) is 4.36. The van der Waals surface area contributed by atoms with E-state index in [1.54, 1.807) is 24.3 Å². The van der Waals surface area contributed by atoms with Gasteiger partial charge in [-0.3, -0.25) is 4.72 Å². The molecule has 0 spiro atoms. The predicted molar refractivity (Wildman–Crippen MR) is 117 cm³/mol. The average molecular weight is 416 g/mol. The number of carbonyl (C=O) groups is 1. The van der Waals surface area contributed by atoms with Gasteiger partial charge in [-0.2, -0.15) is 0 Å². The summed E-state index contributed by atoms with van der Waals surface area (Å²) in [7, 11) is -3.69. The lowest BCUT2D eigenvalue weighted by Gasteiger charge is -2.20. The summed E-state index contributed by atoms with van der Waals surface area (Å²) >= 11 is 0. The molecule has 7 heteroatoms. The van der Waals surface area contributed by atoms with Crippen LogP contribution in [0.4, 0.5) is 16.2 Å². The summed E-state index contributed by atoms with van der Waals surface area (Å²) in [5.74, 6) is 0.387. The maximum Gasteiger partial charge on any atom is 0.321 e. The first-order valence-electron chi connectivity index (χ1n) is 10.1. The first-order valence-corrected chi connectivity index (χ1v) is 11.6. The third-order valence-electron chi connectivity index (χ3n) is 5.14. The monoisotopic (exact) mass is 415 g/mol. The van der Waals surface area contributed by atoms with Crippen LogP contribution >= 0.6 is 0 Å². The van der Waals surface area contributed by atoms with Crippen LogP contribution in [-0.4, -0.2) is 32.4 Å². The molecule has 0 unspecified atom stereocenters. The maximum absolute atomic E-state index is 12.6. The van der Waals surface area contributed by atoms with Gasteiger partial charge in [-0.15, -0.1) is 0 Å². The number of nitrogens with one attached hydrogen (secondary N) is 2. The Morgan fingerprint density at radius 1 is 0.862 bits per heavy atom. The Bertz CT molecular complexity index is 915. The zero-order valence-electron chi connectivity index (χ0n) is 17.0. The van der Waals surface area contributed by atoms with Crippen molar-refractivity contribution in [2.24, 2.45) is 0 Å². The van der Waals surface area contributed by atoms with Crippen LogP contribution in [0.15, 0.2) is 53.4 Å². The van der Waals surface area contributed by atoms with Gasteiger partial charge in [0, 0.05) is 24.5 Å². The van der Waals surface area contributed by atoms with E-state index in [9.17, 15) is 13.2 Å². The molecule has 0 bridgehead atoms. The minimum Gasteiger partial charge on any atom is -0.325 e. The quantitative estimate of drug-likeness (QED) is 0.720. The van der Waals surface area contributed by atoms with Crippen molar-refractivity contribution in [1.82, 2.24) is 4.90 Å². The molecule has 1 fully saturated rings. The van der Waals surface area contributed by atoms with Gasteiger partial charge in [0.1, 0.15) is 0 Å². The fourth-order valence-electron chi connectivity index (χ4n) is 3.34. The highest BCUT2D eigenvalue weighted by atomic mass is 32.2. The Hall–Kier alpha value is -2.54. The average Bonchev–Trinajstić information content (AvgIpc) is 2.98. The molecule has 1 saturated heterocycles. The van der Waals surface area contributed by atoms with Gasteiger partial charge in [0.15, 0.2) is 0 Å². The van der Waals surface area contributed by atoms with Gasteiger partial charge in [0.05, 0.1) is 4.90 Å². The van der Waals surface area contributed by atoms with Crippen LogP contribution in [0.5, 0.6) is 0 Å². The van der Waals surface area contributed by atoms with E-state index >= 15 is 0 Å².